The van der Waals surface area contributed by atoms with Crippen molar-refractivity contribution in [2.24, 2.45) is 0 Å². The van der Waals surface area contributed by atoms with Gasteiger partial charge >= 0.3 is 0 Å². The number of benzene rings is 4. The van der Waals surface area contributed by atoms with E-state index in [-0.39, 0.29) is 24.7 Å². The van der Waals surface area contributed by atoms with E-state index in [4.69, 9.17) is 0 Å². The van der Waals surface area contributed by atoms with Gasteiger partial charge in [0.25, 0.3) is 0 Å². The normalized spacial score (nSPS) is 17.5. The van der Waals surface area contributed by atoms with E-state index >= 15 is 0 Å². The molecule has 0 radical (unpaired) electrons. The number of nitrogens with one attached hydrogen (secondary N) is 1. The zero-order valence-electron chi connectivity index (χ0n) is 21.5. The molecule has 5 rings (SSSR count). The van der Waals surface area contributed by atoms with Gasteiger partial charge in [0.2, 0.25) is 0 Å². The van der Waals surface area contributed by atoms with E-state index in [1.54, 1.807) is 0 Å². The molecule has 1 aliphatic heterocycles. The van der Waals surface area contributed by atoms with E-state index in [1.165, 1.54) is 11.1 Å². The van der Waals surface area contributed by atoms with Gasteiger partial charge in [0.15, 0.2) is 6.29 Å². The number of aldehydes is 1. The first-order valence-corrected chi connectivity index (χ1v) is 13.3. The number of hydrogen-bond acceptors (Lipinski definition) is 5. The number of hydrogen-bond donors (Lipinski definition) is 2. The molecule has 0 saturated carbocycles. The van der Waals surface area contributed by atoms with Gasteiger partial charge in [0.1, 0.15) is 6.17 Å². The van der Waals surface area contributed by atoms with Crippen LogP contribution in [0, 0.1) is 0 Å². The first-order chi connectivity index (χ1) is 18.8. The molecule has 0 bridgehead atoms. The monoisotopic (exact) mass is 505 g/mol. The van der Waals surface area contributed by atoms with Gasteiger partial charge < -0.3 is 9.90 Å². The third kappa shape index (κ3) is 5.93. The molecule has 2 N–H and O–H groups in total. The van der Waals surface area contributed by atoms with Crippen LogP contribution >= 0.6 is 0 Å². The van der Waals surface area contributed by atoms with Gasteiger partial charge in [-0.2, -0.15) is 0 Å². The highest BCUT2D eigenvalue weighted by atomic mass is 16.3. The molecule has 0 spiro atoms. The van der Waals surface area contributed by atoms with Crippen LogP contribution in [0.1, 0.15) is 34.3 Å². The Bertz CT molecular complexity index is 1180. The maximum atomic E-state index is 12.5. The number of piperazine rings is 1. The van der Waals surface area contributed by atoms with Gasteiger partial charge in [-0.05, 0) is 22.3 Å². The second-order valence-corrected chi connectivity index (χ2v) is 9.80. The molecular weight excluding hydrogens is 470 g/mol. The van der Waals surface area contributed by atoms with Crippen molar-refractivity contribution in [3.05, 3.63) is 144 Å². The van der Waals surface area contributed by atoms with Crippen molar-refractivity contribution < 1.29 is 9.90 Å². The Morgan fingerprint density at radius 2 is 1.16 bits per heavy atom. The Kier molecular flexibility index (Phi) is 8.74. The molecule has 1 aliphatic rings. The summed E-state index contributed by atoms with van der Waals surface area (Å²) in [5.41, 5.74) is 4.61. The maximum absolute atomic E-state index is 12.5. The first-order valence-electron chi connectivity index (χ1n) is 13.3. The molecule has 5 heteroatoms. The molecule has 2 unspecified atom stereocenters. The standard InChI is InChI=1S/C33H35N3O2/c37-24-30-23-35(21-22-36(30)33(28-17-9-3-10-18-28)29-19-11-4-12-20-29)31(25-38)34-32(26-13-5-1-6-14-26)27-15-7-2-8-16-27/h1-20,25,30-34,37H,21-24H2. The predicted octanol–water partition coefficient (Wildman–Crippen LogP) is 4.66. The fourth-order valence-electron chi connectivity index (χ4n) is 5.57. The Morgan fingerprint density at radius 1 is 0.711 bits per heavy atom. The van der Waals surface area contributed by atoms with Gasteiger partial charge in [-0.3, -0.25) is 15.1 Å². The summed E-state index contributed by atoms with van der Waals surface area (Å²) < 4.78 is 0. The predicted molar refractivity (Wildman–Crippen MR) is 152 cm³/mol. The summed E-state index contributed by atoms with van der Waals surface area (Å²) in [5, 5.41) is 14.2. The second-order valence-electron chi connectivity index (χ2n) is 9.80. The lowest BCUT2D eigenvalue weighted by Crippen LogP contribution is -2.61. The van der Waals surface area contributed by atoms with Crippen molar-refractivity contribution in [3.8, 4) is 0 Å². The Hall–Kier alpha value is -3.61. The summed E-state index contributed by atoms with van der Waals surface area (Å²) in [6.07, 6.45) is 0.512. The minimum atomic E-state index is -0.483. The highest BCUT2D eigenvalue weighted by Crippen LogP contribution is 2.32. The Morgan fingerprint density at radius 3 is 1.58 bits per heavy atom. The van der Waals surface area contributed by atoms with Crippen molar-refractivity contribution in [2.75, 3.05) is 26.2 Å². The molecule has 0 aromatic heterocycles. The average molecular weight is 506 g/mol. The zero-order valence-corrected chi connectivity index (χ0v) is 21.5. The van der Waals surface area contributed by atoms with E-state index < -0.39 is 6.17 Å². The van der Waals surface area contributed by atoms with Gasteiger partial charge in [-0.25, -0.2) is 0 Å². The minimum absolute atomic E-state index is 0.0129. The molecular formula is C33H35N3O2. The Balaban J connectivity index is 1.39. The van der Waals surface area contributed by atoms with Crippen LogP contribution in [-0.4, -0.2) is 59.6 Å². The quantitative estimate of drug-likeness (QED) is 0.307. The van der Waals surface area contributed by atoms with Gasteiger partial charge in [-0.15, -0.1) is 0 Å². The molecule has 0 aliphatic carbocycles. The molecule has 1 heterocycles. The number of aliphatic hydroxyl groups excluding tert-OH is 1. The molecule has 0 amide bonds. The number of carbonyl (C=O) groups excluding carboxylic acids is 1. The van der Waals surface area contributed by atoms with Gasteiger partial charge in [0.05, 0.1) is 18.7 Å². The van der Waals surface area contributed by atoms with Crippen LogP contribution in [0.4, 0.5) is 0 Å². The van der Waals surface area contributed by atoms with E-state index in [0.717, 1.165) is 24.0 Å². The van der Waals surface area contributed by atoms with Crippen LogP contribution in [0.2, 0.25) is 0 Å². The third-order valence-electron chi connectivity index (χ3n) is 7.46. The smallest absolute Gasteiger partial charge is 0.151 e. The number of carbonyl (C=O) groups is 1. The lowest BCUT2D eigenvalue weighted by molar-refractivity contribution is -0.115. The fraction of sp³-hybridized carbons (Fsp3) is 0.242. The molecule has 1 saturated heterocycles. The van der Waals surface area contributed by atoms with Gasteiger partial charge in [-0.1, -0.05) is 121 Å². The maximum Gasteiger partial charge on any atom is 0.151 e. The topological polar surface area (TPSA) is 55.8 Å². The molecule has 4 aromatic carbocycles. The van der Waals surface area contributed by atoms with Crippen molar-refractivity contribution in [3.63, 3.8) is 0 Å². The van der Waals surface area contributed by atoms with Crippen LogP contribution in [0.25, 0.3) is 0 Å². The van der Waals surface area contributed by atoms with Gasteiger partial charge in [0, 0.05) is 25.7 Å². The lowest BCUT2D eigenvalue weighted by atomic mass is 9.94. The van der Waals surface area contributed by atoms with Crippen molar-refractivity contribution >= 4 is 6.29 Å². The first kappa shape index (κ1) is 26.0. The van der Waals surface area contributed by atoms with E-state index in [2.05, 4.69) is 87.9 Å². The third-order valence-corrected chi connectivity index (χ3v) is 7.46. The van der Waals surface area contributed by atoms with Crippen LogP contribution in [0.15, 0.2) is 121 Å². The fourth-order valence-corrected chi connectivity index (χ4v) is 5.57. The summed E-state index contributed by atoms with van der Waals surface area (Å²) in [5.74, 6) is 0. The van der Waals surface area contributed by atoms with E-state index in [0.29, 0.717) is 13.1 Å². The summed E-state index contributed by atoms with van der Waals surface area (Å²) in [6.45, 7) is 2.03. The highest BCUT2D eigenvalue weighted by Gasteiger charge is 2.36. The summed E-state index contributed by atoms with van der Waals surface area (Å²) in [6, 6.07) is 41.2. The summed E-state index contributed by atoms with van der Waals surface area (Å²) >= 11 is 0. The highest BCUT2D eigenvalue weighted by molar-refractivity contribution is 5.57. The summed E-state index contributed by atoms with van der Waals surface area (Å²) in [4.78, 5) is 17.0. The van der Waals surface area contributed by atoms with Crippen LogP contribution in [0.5, 0.6) is 0 Å². The number of aliphatic hydroxyl groups is 1. The van der Waals surface area contributed by atoms with Crippen molar-refractivity contribution in [2.45, 2.75) is 24.3 Å². The Labute approximate surface area is 225 Å². The largest absolute Gasteiger partial charge is 0.395 e. The van der Waals surface area contributed by atoms with Crippen molar-refractivity contribution in [1.82, 2.24) is 15.1 Å². The van der Waals surface area contributed by atoms with Crippen LogP contribution in [0.3, 0.4) is 0 Å². The molecule has 1 fully saturated rings. The van der Waals surface area contributed by atoms with E-state index in [9.17, 15) is 9.90 Å². The van der Waals surface area contributed by atoms with Crippen molar-refractivity contribution in [1.29, 1.82) is 0 Å². The molecule has 194 valence electrons. The minimum Gasteiger partial charge on any atom is -0.395 e. The number of nitrogens with zero attached hydrogens (tertiary/aromatic N) is 2. The molecule has 2 atom stereocenters. The zero-order chi connectivity index (χ0) is 26.2. The molecule has 4 aromatic rings. The van der Waals surface area contributed by atoms with E-state index in [1.807, 2.05) is 48.5 Å². The molecule has 5 nitrogen and oxygen atoms in total. The summed E-state index contributed by atoms with van der Waals surface area (Å²) in [7, 11) is 0. The second kappa shape index (κ2) is 12.8. The van der Waals surface area contributed by atoms with Crippen LogP contribution < -0.4 is 5.32 Å². The average Bonchev–Trinajstić information content (AvgIpc) is 3.00. The van der Waals surface area contributed by atoms with Crippen LogP contribution in [-0.2, 0) is 4.79 Å². The SMILES string of the molecule is O=CC(NC(c1ccccc1)c1ccccc1)N1CCN(C(c2ccccc2)c2ccccc2)C(CO)C1. The number of rotatable bonds is 10. The lowest BCUT2D eigenvalue weighted by Gasteiger charge is -2.46. The molecule has 38 heavy (non-hydrogen) atoms.